The Hall–Kier alpha value is -6.44. The minimum atomic E-state index is -0.501. The van der Waals surface area contributed by atoms with Crippen LogP contribution in [0.2, 0.25) is 0 Å². The molecular weight excluding hydrogens is 747 g/mol. The Morgan fingerprint density at radius 3 is 1.40 bits per heavy atom. The molecule has 0 radical (unpaired) electrons. The molecule has 0 amide bonds. The lowest BCUT2D eigenvalue weighted by Crippen LogP contribution is -2.27. The molecule has 0 unspecified atom stereocenters. The third-order valence-electron chi connectivity index (χ3n) is 14.5. The van der Waals surface area contributed by atoms with Gasteiger partial charge >= 0.3 is 0 Å². The largest absolute Gasteiger partial charge is 0.310 e. The number of para-hydroxylation sites is 1. The van der Waals surface area contributed by atoms with Gasteiger partial charge in [-0.2, -0.15) is 0 Å². The maximum absolute atomic E-state index is 2.56. The summed E-state index contributed by atoms with van der Waals surface area (Å²) in [6, 6.07) is 65.3. The average Bonchev–Trinajstić information content (AvgIpc) is 3.81. The number of anilines is 3. The first kappa shape index (κ1) is 38.5. The first-order chi connectivity index (χ1) is 29.7. The van der Waals surface area contributed by atoms with Gasteiger partial charge in [0.1, 0.15) is 0 Å². The molecule has 304 valence electrons. The summed E-state index contributed by atoms with van der Waals surface area (Å²) in [6.45, 7) is 21.1. The van der Waals surface area contributed by atoms with E-state index in [-0.39, 0.29) is 16.2 Å². The van der Waals surface area contributed by atoms with Crippen LogP contribution in [0.15, 0.2) is 170 Å². The third kappa shape index (κ3) is 5.46. The zero-order valence-corrected chi connectivity index (χ0v) is 37.6. The van der Waals surface area contributed by atoms with Crippen LogP contribution in [-0.4, -0.2) is 0 Å². The van der Waals surface area contributed by atoms with Gasteiger partial charge in [-0.1, -0.05) is 200 Å². The fourth-order valence-electron chi connectivity index (χ4n) is 11.2. The lowest BCUT2D eigenvalue weighted by atomic mass is 9.68. The molecule has 8 aromatic rings. The predicted molar refractivity (Wildman–Crippen MR) is 263 cm³/mol. The molecule has 0 saturated heterocycles. The van der Waals surface area contributed by atoms with Crippen LogP contribution in [0.4, 0.5) is 17.1 Å². The van der Waals surface area contributed by atoms with Crippen molar-refractivity contribution in [1.29, 1.82) is 0 Å². The zero-order valence-electron chi connectivity index (χ0n) is 37.6. The Labute approximate surface area is 368 Å². The molecule has 0 bridgehead atoms. The van der Waals surface area contributed by atoms with Gasteiger partial charge in [0.15, 0.2) is 0 Å². The van der Waals surface area contributed by atoms with Gasteiger partial charge in [-0.05, 0) is 132 Å². The van der Waals surface area contributed by atoms with Gasteiger partial charge in [-0.15, -0.1) is 0 Å². The summed E-state index contributed by atoms with van der Waals surface area (Å²) in [5, 5.41) is 0. The van der Waals surface area contributed by atoms with Gasteiger partial charge in [0.25, 0.3) is 0 Å². The van der Waals surface area contributed by atoms with Crippen molar-refractivity contribution in [3.05, 3.63) is 220 Å². The molecule has 8 aromatic carbocycles. The Balaban J connectivity index is 1.21. The van der Waals surface area contributed by atoms with Crippen LogP contribution >= 0.6 is 0 Å². The Bertz CT molecular complexity index is 3060. The number of nitrogens with zero attached hydrogens (tertiary/aromatic N) is 1. The van der Waals surface area contributed by atoms with Crippen molar-refractivity contribution in [3.8, 4) is 44.5 Å². The summed E-state index contributed by atoms with van der Waals surface area (Å²) in [4.78, 5) is 2.54. The van der Waals surface area contributed by atoms with E-state index >= 15 is 0 Å². The first-order valence-corrected chi connectivity index (χ1v) is 22.4. The molecule has 0 fully saturated rings. The van der Waals surface area contributed by atoms with Gasteiger partial charge < -0.3 is 4.90 Å². The zero-order chi connectivity index (χ0) is 42.9. The van der Waals surface area contributed by atoms with E-state index in [2.05, 4.69) is 237 Å². The third-order valence-corrected chi connectivity index (χ3v) is 14.5. The van der Waals surface area contributed by atoms with E-state index in [0.717, 1.165) is 17.1 Å². The molecule has 1 spiro atoms. The van der Waals surface area contributed by atoms with E-state index in [1.807, 2.05) is 0 Å². The number of hydrogen-bond acceptors (Lipinski definition) is 1. The number of rotatable bonds is 4. The summed E-state index contributed by atoms with van der Waals surface area (Å²) in [5.41, 5.74) is 25.4. The summed E-state index contributed by atoms with van der Waals surface area (Å²) in [6.07, 6.45) is 0. The highest BCUT2D eigenvalue weighted by molar-refractivity contribution is 5.98. The van der Waals surface area contributed by atoms with Crippen LogP contribution in [0.25, 0.3) is 44.5 Å². The van der Waals surface area contributed by atoms with Crippen molar-refractivity contribution in [2.24, 2.45) is 0 Å². The molecule has 0 N–H and O–H groups in total. The number of benzene rings is 8. The van der Waals surface area contributed by atoms with E-state index in [4.69, 9.17) is 0 Å². The van der Waals surface area contributed by atoms with Crippen molar-refractivity contribution in [3.63, 3.8) is 0 Å². The summed E-state index contributed by atoms with van der Waals surface area (Å²) in [5.74, 6) is 0. The molecule has 62 heavy (non-hydrogen) atoms. The molecule has 3 aliphatic carbocycles. The van der Waals surface area contributed by atoms with Crippen LogP contribution in [0, 0.1) is 6.92 Å². The Kier molecular flexibility index (Phi) is 8.24. The van der Waals surface area contributed by atoms with Crippen molar-refractivity contribution in [2.45, 2.75) is 84.0 Å². The average molecular weight is 802 g/mol. The SMILES string of the molecule is Cc1ccc2c(c1)C(C)(C)c1cc(N(c3ccc4c(c3)C3(c5ccccc5-4)c4cc(C(C)(C)C)ccc4-c4ccc(C(C)(C)C)cc43)c3ccccc3-c3ccccc3)ccc1-2. The van der Waals surface area contributed by atoms with Gasteiger partial charge in [-0.3, -0.25) is 0 Å². The Morgan fingerprint density at radius 2 is 0.806 bits per heavy atom. The van der Waals surface area contributed by atoms with Gasteiger partial charge in [0, 0.05) is 22.4 Å². The van der Waals surface area contributed by atoms with E-state index in [1.165, 1.54) is 94.6 Å². The molecule has 11 rings (SSSR count). The second-order valence-corrected chi connectivity index (χ2v) is 20.7. The number of fused-ring (bicyclic) bond motifs is 13. The molecule has 0 heterocycles. The Morgan fingerprint density at radius 1 is 0.371 bits per heavy atom. The maximum atomic E-state index is 2.56. The van der Waals surface area contributed by atoms with Crippen molar-refractivity contribution in [2.75, 3.05) is 4.90 Å². The first-order valence-electron chi connectivity index (χ1n) is 22.4. The second-order valence-electron chi connectivity index (χ2n) is 20.7. The minimum Gasteiger partial charge on any atom is -0.310 e. The second kappa shape index (κ2) is 13.3. The molecule has 3 aliphatic rings. The molecule has 1 nitrogen and oxygen atoms in total. The lowest BCUT2D eigenvalue weighted by molar-refractivity contribution is 0.586. The minimum absolute atomic E-state index is 0.0119. The molecule has 1 heteroatoms. The van der Waals surface area contributed by atoms with Crippen LogP contribution in [0.1, 0.15) is 105 Å². The van der Waals surface area contributed by atoms with E-state index in [0.29, 0.717) is 0 Å². The van der Waals surface area contributed by atoms with Gasteiger partial charge in [0.2, 0.25) is 0 Å². The van der Waals surface area contributed by atoms with Crippen LogP contribution in [0.5, 0.6) is 0 Å². The van der Waals surface area contributed by atoms with E-state index < -0.39 is 5.41 Å². The van der Waals surface area contributed by atoms with Gasteiger partial charge in [-0.25, -0.2) is 0 Å². The maximum Gasteiger partial charge on any atom is 0.0726 e. The fourth-order valence-corrected chi connectivity index (χ4v) is 11.2. The highest BCUT2D eigenvalue weighted by Crippen LogP contribution is 2.64. The highest BCUT2D eigenvalue weighted by atomic mass is 15.1. The summed E-state index contributed by atoms with van der Waals surface area (Å²) >= 11 is 0. The summed E-state index contributed by atoms with van der Waals surface area (Å²) < 4.78 is 0. The van der Waals surface area contributed by atoms with Crippen molar-refractivity contribution >= 4 is 17.1 Å². The predicted octanol–water partition coefficient (Wildman–Crippen LogP) is 16.4. The monoisotopic (exact) mass is 801 g/mol. The van der Waals surface area contributed by atoms with Gasteiger partial charge in [0.05, 0.1) is 11.1 Å². The fraction of sp³-hybridized carbons (Fsp3) is 0.213. The quantitative estimate of drug-likeness (QED) is 0.171. The lowest BCUT2D eigenvalue weighted by Gasteiger charge is -2.34. The molecule has 0 atom stereocenters. The van der Waals surface area contributed by atoms with E-state index in [9.17, 15) is 0 Å². The molecule has 0 aromatic heterocycles. The van der Waals surface area contributed by atoms with Crippen LogP contribution < -0.4 is 4.90 Å². The normalized spacial score (nSPS) is 14.8. The standard InChI is InChI=1S/C61H55N/c1-38-23-28-46-47-31-26-42(36-53(47)60(8,9)52(46)33-38)62(57-22-16-14-19-44(57)39-17-11-10-12-18-39)43-27-32-50-45-20-13-15-21-51(45)61(56(50)37-43)54-34-40(58(2,3)4)24-29-48(54)49-30-25-41(35-55(49)61)59(5,6)7/h10-37H,1-9H3. The van der Waals surface area contributed by atoms with Crippen LogP contribution in [0.3, 0.4) is 0 Å². The van der Waals surface area contributed by atoms with Crippen molar-refractivity contribution in [1.82, 2.24) is 0 Å². The smallest absolute Gasteiger partial charge is 0.0726 e. The van der Waals surface area contributed by atoms with Crippen LogP contribution in [-0.2, 0) is 21.7 Å². The molecular formula is C61H55N. The number of aryl methyl sites for hydroxylation is 1. The summed E-state index contributed by atoms with van der Waals surface area (Å²) in [7, 11) is 0. The number of hydrogen-bond donors (Lipinski definition) is 0. The highest BCUT2D eigenvalue weighted by Gasteiger charge is 2.52. The molecule has 0 aliphatic heterocycles. The topological polar surface area (TPSA) is 3.24 Å². The molecule has 0 saturated carbocycles. The van der Waals surface area contributed by atoms with E-state index in [1.54, 1.807) is 0 Å². The van der Waals surface area contributed by atoms with Crippen molar-refractivity contribution < 1.29 is 0 Å².